The van der Waals surface area contributed by atoms with Crippen molar-refractivity contribution >= 4 is 28.0 Å². The van der Waals surface area contributed by atoms with Crippen LogP contribution in [0.15, 0.2) is 35.5 Å². The number of aryl methyl sites for hydroxylation is 2. The maximum Gasteiger partial charge on any atom is 0.329 e. The monoisotopic (exact) mass is 405 g/mol. The number of primary amides is 1. The molecule has 4 aromatic rings. The number of amides is 1. The van der Waals surface area contributed by atoms with Crippen molar-refractivity contribution in [3.8, 4) is 11.3 Å². The molecule has 0 radical (unpaired) electrons. The lowest BCUT2D eigenvalue weighted by Crippen LogP contribution is -2.32. The van der Waals surface area contributed by atoms with Crippen LogP contribution in [0.3, 0.4) is 0 Å². The van der Waals surface area contributed by atoms with Gasteiger partial charge in [-0.05, 0) is 37.8 Å². The number of aromatic nitrogens is 6. The van der Waals surface area contributed by atoms with Gasteiger partial charge in [0.2, 0.25) is 5.91 Å². The topological polar surface area (TPSA) is 114 Å². The lowest BCUT2D eigenvalue weighted by molar-refractivity contribution is -0.122. The number of nitrogens with two attached hydrogens (primary N) is 1. The second-order valence-electron chi connectivity index (χ2n) is 8.08. The number of nitrogens with zero attached hydrogens (tertiary/aromatic N) is 6. The molecule has 0 unspecified atom stereocenters. The standard InChI is InChI=1S/C21H23N7O2/c1-26-11-13(9-24-26)15-7-8-16-18(25-15)19-17(10-23-16)27(2)21(30)28(19)14-5-3-12(4-6-14)20(22)29/h7-12,14H,3-6H2,1-2H3,(H2,22,29). The number of fused-ring (bicyclic) bond motifs is 3. The molecule has 1 amide bonds. The number of hydrogen-bond acceptors (Lipinski definition) is 5. The molecule has 4 aromatic heterocycles. The van der Waals surface area contributed by atoms with Gasteiger partial charge in [-0.25, -0.2) is 9.78 Å². The summed E-state index contributed by atoms with van der Waals surface area (Å²) >= 11 is 0. The molecule has 9 nitrogen and oxygen atoms in total. The zero-order valence-electron chi connectivity index (χ0n) is 16.9. The molecular formula is C21H23N7O2. The molecule has 1 saturated carbocycles. The Balaban J connectivity index is 1.70. The predicted octanol–water partition coefficient (Wildman–Crippen LogP) is 1.90. The Kier molecular flexibility index (Phi) is 4.19. The van der Waals surface area contributed by atoms with Crippen LogP contribution >= 0.6 is 0 Å². The minimum atomic E-state index is -0.254. The molecule has 0 aromatic carbocycles. The van der Waals surface area contributed by atoms with E-state index in [1.165, 1.54) is 0 Å². The Bertz CT molecular complexity index is 1340. The average molecular weight is 405 g/mol. The van der Waals surface area contributed by atoms with Gasteiger partial charge in [0, 0.05) is 37.8 Å². The molecular weight excluding hydrogens is 382 g/mol. The summed E-state index contributed by atoms with van der Waals surface area (Å²) in [4.78, 5) is 34.1. The molecule has 4 heterocycles. The molecule has 0 atom stereocenters. The van der Waals surface area contributed by atoms with Crippen molar-refractivity contribution in [2.45, 2.75) is 31.7 Å². The van der Waals surface area contributed by atoms with Crippen molar-refractivity contribution in [1.29, 1.82) is 0 Å². The first kappa shape index (κ1) is 18.5. The molecule has 1 aliphatic rings. The van der Waals surface area contributed by atoms with Crippen LogP contribution in [0.4, 0.5) is 0 Å². The average Bonchev–Trinajstić information content (AvgIpc) is 3.29. The molecule has 1 aliphatic carbocycles. The van der Waals surface area contributed by atoms with Crippen molar-refractivity contribution in [2.75, 3.05) is 0 Å². The first-order valence-electron chi connectivity index (χ1n) is 10.1. The second-order valence-corrected chi connectivity index (χ2v) is 8.08. The van der Waals surface area contributed by atoms with Crippen molar-refractivity contribution in [1.82, 2.24) is 28.9 Å². The first-order valence-corrected chi connectivity index (χ1v) is 10.1. The Morgan fingerprint density at radius 1 is 1.13 bits per heavy atom. The van der Waals surface area contributed by atoms with Gasteiger partial charge in [0.25, 0.3) is 0 Å². The van der Waals surface area contributed by atoms with Crippen molar-refractivity contribution in [3.05, 3.63) is 41.2 Å². The lowest BCUT2D eigenvalue weighted by Gasteiger charge is -2.27. The summed E-state index contributed by atoms with van der Waals surface area (Å²) in [6.45, 7) is 0. The van der Waals surface area contributed by atoms with Gasteiger partial charge >= 0.3 is 5.69 Å². The zero-order valence-corrected chi connectivity index (χ0v) is 16.9. The molecule has 30 heavy (non-hydrogen) atoms. The Morgan fingerprint density at radius 2 is 1.90 bits per heavy atom. The minimum absolute atomic E-state index is 0.00579. The van der Waals surface area contributed by atoms with Crippen LogP contribution in [-0.4, -0.2) is 34.8 Å². The van der Waals surface area contributed by atoms with Gasteiger partial charge in [0.15, 0.2) is 0 Å². The van der Waals surface area contributed by atoms with Crippen LogP contribution in [0.25, 0.3) is 33.3 Å². The summed E-state index contributed by atoms with van der Waals surface area (Å²) < 4.78 is 5.20. The Labute approximate surface area is 172 Å². The first-order chi connectivity index (χ1) is 14.4. The highest BCUT2D eigenvalue weighted by Crippen LogP contribution is 2.35. The van der Waals surface area contributed by atoms with E-state index in [2.05, 4.69) is 10.1 Å². The molecule has 154 valence electrons. The summed E-state index contributed by atoms with van der Waals surface area (Å²) in [5.41, 5.74) is 10.1. The fourth-order valence-electron chi connectivity index (χ4n) is 4.56. The Hall–Kier alpha value is -3.49. The van der Waals surface area contributed by atoms with Gasteiger partial charge in [-0.1, -0.05) is 0 Å². The van der Waals surface area contributed by atoms with E-state index in [0.29, 0.717) is 18.4 Å². The smallest absolute Gasteiger partial charge is 0.329 e. The van der Waals surface area contributed by atoms with E-state index in [1.54, 1.807) is 28.7 Å². The molecule has 0 saturated heterocycles. The third kappa shape index (κ3) is 2.80. The van der Waals surface area contributed by atoms with Crippen LogP contribution < -0.4 is 11.4 Å². The highest BCUT2D eigenvalue weighted by Gasteiger charge is 2.29. The maximum atomic E-state index is 13.2. The fourth-order valence-corrected chi connectivity index (χ4v) is 4.56. The minimum Gasteiger partial charge on any atom is -0.369 e. The zero-order chi connectivity index (χ0) is 21.0. The second kappa shape index (κ2) is 6.79. The number of carbonyl (C=O) groups is 1. The van der Waals surface area contributed by atoms with Gasteiger partial charge in [0.1, 0.15) is 5.52 Å². The third-order valence-electron chi connectivity index (χ3n) is 6.23. The van der Waals surface area contributed by atoms with E-state index < -0.39 is 0 Å². The van der Waals surface area contributed by atoms with E-state index in [4.69, 9.17) is 10.7 Å². The molecule has 9 heteroatoms. The molecule has 0 aliphatic heterocycles. The number of imidazole rings is 1. The Morgan fingerprint density at radius 3 is 2.57 bits per heavy atom. The van der Waals surface area contributed by atoms with E-state index in [-0.39, 0.29) is 23.6 Å². The van der Waals surface area contributed by atoms with E-state index in [9.17, 15) is 9.59 Å². The number of rotatable bonds is 3. The van der Waals surface area contributed by atoms with E-state index in [0.717, 1.165) is 40.6 Å². The predicted molar refractivity (Wildman–Crippen MR) is 113 cm³/mol. The van der Waals surface area contributed by atoms with Gasteiger partial charge in [0.05, 0.1) is 34.6 Å². The van der Waals surface area contributed by atoms with Crippen LogP contribution in [0.2, 0.25) is 0 Å². The van der Waals surface area contributed by atoms with Gasteiger partial charge in [-0.2, -0.15) is 5.10 Å². The third-order valence-corrected chi connectivity index (χ3v) is 6.23. The largest absolute Gasteiger partial charge is 0.369 e. The van der Waals surface area contributed by atoms with Gasteiger partial charge in [-0.3, -0.25) is 23.6 Å². The molecule has 0 bridgehead atoms. The summed E-state index contributed by atoms with van der Waals surface area (Å²) in [6, 6.07) is 3.85. The van der Waals surface area contributed by atoms with Crippen LogP contribution in [0.1, 0.15) is 31.7 Å². The van der Waals surface area contributed by atoms with Crippen LogP contribution in [-0.2, 0) is 18.9 Å². The fraction of sp³-hybridized carbons (Fsp3) is 0.381. The summed E-state index contributed by atoms with van der Waals surface area (Å²) in [5, 5.41) is 4.23. The molecule has 2 N–H and O–H groups in total. The molecule has 0 spiro atoms. The quantitative estimate of drug-likeness (QED) is 0.559. The lowest BCUT2D eigenvalue weighted by atomic mass is 9.85. The SMILES string of the molecule is Cn1cc(-c2ccc3ncc4c(c3n2)n(C2CCC(C(N)=O)CC2)c(=O)n4C)cn1. The summed E-state index contributed by atoms with van der Waals surface area (Å²) in [7, 11) is 3.62. The molecule has 1 fully saturated rings. The van der Waals surface area contributed by atoms with Gasteiger partial charge in [-0.15, -0.1) is 0 Å². The van der Waals surface area contributed by atoms with Gasteiger partial charge < -0.3 is 5.73 Å². The van der Waals surface area contributed by atoms with Crippen molar-refractivity contribution in [2.24, 2.45) is 25.7 Å². The highest BCUT2D eigenvalue weighted by molar-refractivity contribution is 6.00. The van der Waals surface area contributed by atoms with Crippen molar-refractivity contribution < 1.29 is 4.79 Å². The highest BCUT2D eigenvalue weighted by atomic mass is 16.2. The number of carbonyl (C=O) groups excluding carboxylic acids is 1. The normalized spacial score (nSPS) is 19.5. The van der Waals surface area contributed by atoms with E-state index in [1.807, 2.05) is 29.9 Å². The summed E-state index contributed by atoms with van der Waals surface area (Å²) in [5.74, 6) is -0.364. The van der Waals surface area contributed by atoms with E-state index >= 15 is 0 Å². The molecule has 5 rings (SSSR count). The van der Waals surface area contributed by atoms with Crippen LogP contribution in [0, 0.1) is 5.92 Å². The number of pyridine rings is 2. The van der Waals surface area contributed by atoms with Crippen molar-refractivity contribution in [3.63, 3.8) is 0 Å². The maximum absolute atomic E-state index is 13.2. The summed E-state index contributed by atoms with van der Waals surface area (Å²) in [6.07, 6.45) is 8.27. The van der Waals surface area contributed by atoms with Crippen LogP contribution in [0.5, 0.6) is 0 Å². The number of hydrogen-bond donors (Lipinski definition) is 1.